The lowest BCUT2D eigenvalue weighted by Crippen LogP contribution is -2.24. The molecule has 2 rings (SSSR count). The van der Waals surface area contributed by atoms with E-state index in [9.17, 15) is 0 Å². The molecule has 0 aliphatic carbocycles. The van der Waals surface area contributed by atoms with E-state index in [1.54, 1.807) is 0 Å². The highest BCUT2D eigenvalue weighted by molar-refractivity contribution is 9.10. The molecule has 2 aromatic rings. The summed E-state index contributed by atoms with van der Waals surface area (Å²) in [6, 6.07) is 15.6. The number of hydrogen-bond acceptors (Lipinski definition) is 1. The molecule has 0 radical (unpaired) electrons. The molecule has 0 aliphatic heterocycles. The predicted molar refractivity (Wildman–Crippen MR) is 97.8 cm³/mol. The van der Waals surface area contributed by atoms with Crippen LogP contribution in [0.4, 0.5) is 0 Å². The molecule has 0 aromatic heterocycles. The third kappa shape index (κ3) is 4.94. The smallest absolute Gasteiger partial charge is 0.0361 e. The van der Waals surface area contributed by atoms with E-state index in [0.717, 1.165) is 23.9 Å². The van der Waals surface area contributed by atoms with Crippen molar-refractivity contribution in [3.63, 3.8) is 0 Å². The van der Waals surface area contributed by atoms with Crippen molar-refractivity contribution in [2.45, 2.75) is 32.7 Å². The van der Waals surface area contributed by atoms with Gasteiger partial charge in [-0.05, 0) is 61.2 Å². The minimum absolute atomic E-state index is 0.350. The second kappa shape index (κ2) is 8.11. The number of nitrogens with one attached hydrogen (secondary N) is 1. The van der Waals surface area contributed by atoms with Gasteiger partial charge in [0.25, 0.3) is 0 Å². The van der Waals surface area contributed by atoms with Crippen molar-refractivity contribution < 1.29 is 0 Å². The van der Waals surface area contributed by atoms with Crippen LogP contribution in [0, 0.1) is 6.92 Å². The summed E-state index contributed by atoms with van der Waals surface area (Å²) in [5, 5.41) is 3.66. The first-order valence-corrected chi connectivity index (χ1v) is 8.92. The van der Waals surface area contributed by atoms with Gasteiger partial charge in [-0.3, -0.25) is 0 Å². The van der Waals surface area contributed by atoms with Crippen molar-refractivity contribution in [1.29, 1.82) is 0 Å². The Kier molecular flexibility index (Phi) is 6.46. The number of aryl methyl sites for hydroxylation is 1. The zero-order chi connectivity index (χ0) is 15.2. The Morgan fingerprint density at radius 3 is 2.38 bits per heavy atom. The molecule has 0 aliphatic rings. The van der Waals surface area contributed by atoms with E-state index in [-0.39, 0.29) is 0 Å². The third-order valence-corrected chi connectivity index (χ3v) is 4.98. The number of hydrogen-bond donors (Lipinski definition) is 1. The van der Waals surface area contributed by atoms with Gasteiger partial charge in [0.2, 0.25) is 0 Å². The maximum atomic E-state index is 3.66. The Hall–Kier alpha value is -0.640. The van der Waals surface area contributed by atoms with Crippen LogP contribution >= 0.6 is 31.9 Å². The maximum Gasteiger partial charge on any atom is 0.0361 e. The number of benzene rings is 2. The molecule has 1 nitrogen and oxygen atoms in total. The quantitative estimate of drug-likeness (QED) is 0.634. The van der Waals surface area contributed by atoms with Gasteiger partial charge >= 0.3 is 0 Å². The minimum atomic E-state index is 0.350. The molecule has 0 heterocycles. The topological polar surface area (TPSA) is 12.0 Å². The van der Waals surface area contributed by atoms with Gasteiger partial charge in [0.05, 0.1) is 0 Å². The van der Waals surface area contributed by atoms with E-state index in [2.05, 4.69) is 93.5 Å². The van der Waals surface area contributed by atoms with Crippen LogP contribution in [0.25, 0.3) is 0 Å². The van der Waals surface area contributed by atoms with Crippen LogP contribution in [0.2, 0.25) is 0 Å². The Bertz CT molecular complexity index is 578. The molecule has 2 aromatic carbocycles. The third-order valence-electron chi connectivity index (χ3n) is 3.59. The average molecular weight is 411 g/mol. The Morgan fingerprint density at radius 2 is 1.76 bits per heavy atom. The summed E-state index contributed by atoms with van der Waals surface area (Å²) in [6.45, 7) is 5.36. The maximum absolute atomic E-state index is 3.66. The second-order valence-electron chi connectivity index (χ2n) is 5.35. The van der Waals surface area contributed by atoms with E-state index in [0.29, 0.717) is 6.04 Å². The lowest BCUT2D eigenvalue weighted by atomic mass is 9.98. The molecule has 112 valence electrons. The Labute approximate surface area is 144 Å². The van der Waals surface area contributed by atoms with E-state index in [1.165, 1.54) is 21.2 Å². The van der Waals surface area contributed by atoms with Gasteiger partial charge in [-0.2, -0.15) is 0 Å². The van der Waals surface area contributed by atoms with Crippen molar-refractivity contribution in [2.24, 2.45) is 0 Å². The van der Waals surface area contributed by atoms with Gasteiger partial charge in [-0.25, -0.2) is 0 Å². The zero-order valence-corrected chi connectivity index (χ0v) is 15.7. The first-order valence-electron chi connectivity index (χ1n) is 7.34. The minimum Gasteiger partial charge on any atom is -0.310 e. The lowest BCUT2D eigenvalue weighted by molar-refractivity contribution is 0.529. The Morgan fingerprint density at radius 1 is 1.05 bits per heavy atom. The van der Waals surface area contributed by atoms with E-state index >= 15 is 0 Å². The molecular formula is C18H21Br2N. The van der Waals surface area contributed by atoms with Crippen LogP contribution in [0.1, 0.15) is 36.1 Å². The highest BCUT2D eigenvalue weighted by Gasteiger charge is 2.12. The number of halogens is 2. The molecule has 0 spiro atoms. The summed E-state index contributed by atoms with van der Waals surface area (Å²) in [4.78, 5) is 0. The molecule has 0 fully saturated rings. The molecule has 3 heteroatoms. The fourth-order valence-corrected chi connectivity index (χ4v) is 2.97. The van der Waals surface area contributed by atoms with Crippen molar-refractivity contribution in [2.75, 3.05) is 6.54 Å². The monoisotopic (exact) mass is 409 g/mol. The largest absolute Gasteiger partial charge is 0.310 e. The van der Waals surface area contributed by atoms with Crippen molar-refractivity contribution in [1.82, 2.24) is 5.32 Å². The Balaban J connectivity index is 2.20. The van der Waals surface area contributed by atoms with Gasteiger partial charge in [-0.15, -0.1) is 0 Å². The molecule has 1 N–H and O–H groups in total. The van der Waals surface area contributed by atoms with E-state index in [1.807, 2.05) is 0 Å². The SMILES string of the molecule is CCCNC(Cc1ccc(Br)cc1)c1ccc(C)c(Br)c1. The molecule has 0 saturated carbocycles. The summed E-state index contributed by atoms with van der Waals surface area (Å²) in [5.74, 6) is 0. The molecule has 0 saturated heterocycles. The standard InChI is InChI=1S/C18H21Br2N/c1-3-10-21-18(11-14-5-8-16(19)9-6-14)15-7-4-13(2)17(20)12-15/h4-9,12,18,21H,3,10-11H2,1-2H3. The van der Waals surface area contributed by atoms with E-state index in [4.69, 9.17) is 0 Å². The van der Waals surface area contributed by atoms with Gasteiger partial charge in [0.15, 0.2) is 0 Å². The fraction of sp³-hybridized carbons (Fsp3) is 0.333. The van der Waals surface area contributed by atoms with Crippen LogP contribution < -0.4 is 5.32 Å². The summed E-state index contributed by atoms with van der Waals surface area (Å²) < 4.78 is 2.31. The zero-order valence-electron chi connectivity index (χ0n) is 12.5. The number of rotatable bonds is 6. The van der Waals surface area contributed by atoms with Crippen LogP contribution in [-0.2, 0) is 6.42 Å². The van der Waals surface area contributed by atoms with Gasteiger partial charge < -0.3 is 5.32 Å². The normalized spacial score (nSPS) is 12.4. The van der Waals surface area contributed by atoms with Gasteiger partial charge in [-0.1, -0.05) is 63.0 Å². The van der Waals surface area contributed by atoms with Crippen LogP contribution in [0.5, 0.6) is 0 Å². The highest BCUT2D eigenvalue weighted by atomic mass is 79.9. The van der Waals surface area contributed by atoms with Crippen LogP contribution in [0.3, 0.4) is 0 Å². The molecular weight excluding hydrogens is 390 g/mol. The van der Waals surface area contributed by atoms with Crippen molar-refractivity contribution in [3.05, 3.63) is 68.1 Å². The predicted octanol–water partition coefficient (Wildman–Crippen LogP) is 5.80. The first kappa shape index (κ1) is 16.7. The molecule has 21 heavy (non-hydrogen) atoms. The second-order valence-corrected chi connectivity index (χ2v) is 7.12. The van der Waals surface area contributed by atoms with Crippen molar-refractivity contribution >= 4 is 31.9 Å². The molecule has 1 unspecified atom stereocenters. The van der Waals surface area contributed by atoms with Gasteiger partial charge in [0, 0.05) is 15.0 Å². The van der Waals surface area contributed by atoms with E-state index < -0.39 is 0 Å². The van der Waals surface area contributed by atoms with Crippen LogP contribution in [-0.4, -0.2) is 6.54 Å². The molecule has 1 atom stereocenters. The average Bonchev–Trinajstić information content (AvgIpc) is 2.48. The highest BCUT2D eigenvalue weighted by Crippen LogP contribution is 2.25. The van der Waals surface area contributed by atoms with Crippen LogP contribution in [0.15, 0.2) is 51.4 Å². The summed E-state index contributed by atoms with van der Waals surface area (Å²) in [6.07, 6.45) is 2.15. The van der Waals surface area contributed by atoms with Crippen molar-refractivity contribution in [3.8, 4) is 0 Å². The first-order chi connectivity index (χ1) is 10.1. The summed E-state index contributed by atoms with van der Waals surface area (Å²) in [5.41, 5.74) is 3.96. The summed E-state index contributed by atoms with van der Waals surface area (Å²) in [7, 11) is 0. The molecule has 0 amide bonds. The lowest BCUT2D eigenvalue weighted by Gasteiger charge is -2.20. The summed E-state index contributed by atoms with van der Waals surface area (Å²) >= 11 is 7.14. The fourth-order valence-electron chi connectivity index (χ4n) is 2.31. The van der Waals surface area contributed by atoms with Gasteiger partial charge in [0.1, 0.15) is 0 Å². The molecule has 0 bridgehead atoms.